The zero-order valence-electron chi connectivity index (χ0n) is 13.3. The number of hydrogen-bond acceptors (Lipinski definition) is 3. The van der Waals surface area contributed by atoms with Crippen molar-refractivity contribution < 1.29 is 0 Å². The maximum atomic E-state index is 5.62. The minimum atomic E-state index is 0.193. The van der Waals surface area contributed by atoms with E-state index >= 15 is 0 Å². The van der Waals surface area contributed by atoms with Crippen LogP contribution in [0.2, 0.25) is 0 Å². The number of benzene rings is 1. The number of rotatable bonds is 3. The molecule has 2 aromatic rings. The first-order valence-electron chi connectivity index (χ1n) is 8.17. The van der Waals surface area contributed by atoms with E-state index in [1.807, 2.05) is 11.1 Å². The third kappa shape index (κ3) is 2.58. The van der Waals surface area contributed by atoms with Gasteiger partial charge in [-0.1, -0.05) is 36.4 Å². The van der Waals surface area contributed by atoms with Crippen LogP contribution in [0.1, 0.15) is 28.5 Å². The van der Waals surface area contributed by atoms with E-state index in [0.29, 0.717) is 17.6 Å². The van der Waals surface area contributed by atoms with Gasteiger partial charge in [-0.3, -0.25) is 0 Å². The lowest BCUT2D eigenvalue weighted by atomic mass is 9.79. The molecule has 2 heterocycles. The van der Waals surface area contributed by atoms with Crippen molar-refractivity contribution in [3.63, 3.8) is 0 Å². The number of aryl methyl sites for hydroxylation is 1. The number of thiophene rings is 1. The van der Waals surface area contributed by atoms with Crippen LogP contribution in [0.15, 0.2) is 59.5 Å². The minimum Gasteiger partial charge on any atom is -0.358 e. The Hall–Kier alpha value is -1.98. The van der Waals surface area contributed by atoms with Crippen LogP contribution >= 0.6 is 23.6 Å². The van der Waals surface area contributed by atoms with Gasteiger partial charge in [-0.15, -0.1) is 17.9 Å². The van der Waals surface area contributed by atoms with Gasteiger partial charge in [-0.25, -0.2) is 5.01 Å². The molecule has 3 nitrogen and oxygen atoms in total. The monoisotopic (exact) mass is 353 g/mol. The average molecular weight is 354 g/mol. The van der Waals surface area contributed by atoms with Gasteiger partial charge in [0.1, 0.15) is 0 Å². The number of nitrogens with zero attached hydrogens (tertiary/aromatic N) is 2. The molecule has 1 N–H and O–H groups in total. The fourth-order valence-electron chi connectivity index (χ4n) is 3.61. The van der Waals surface area contributed by atoms with E-state index in [2.05, 4.69) is 53.7 Å². The van der Waals surface area contributed by atoms with Crippen LogP contribution in [-0.2, 0) is 6.42 Å². The Labute approximate surface area is 151 Å². The van der Waals surface area contributed by atoms with E-state index < -0.39 is 0 Å². The van der Waals surface area contributed by atoms with Gasteiger partial charge in [0, 0.05) is 22.9 Å². The molecule has 24 heavy (non-hydrogen) atoms. The van der Waals surface area contributed by atoms with E-state index in [1.54, 1.807) is 11.3 Å². The summed E-state index contributed by atoms with van der Waals surface area (Å²) in [7, 11) is 0. The summed E-state index contributed by atoms with van der Waals surface area (Å²) in [6.45, 7) is 4.41. The van der Waals surface area contributed by atoms with Crippen LogP contribution in [-0.4, -0.2) is 22.4 Å². The molecule has 1 aromatic heterocycles. The summed E-state index contributed by atoms with van der Waals surface area (Å²) in [5, 5.41) is 13.0. The first-order chi connectivity index (χ1) is 11.8. The summed E-state index contributed by atoms with van der Waals surface area (Å²) in [6, 6.07) is 13.1. The molecule has 4 rings (SSSR count). The predicted molar refractivity (Wildman–Crippen MR) is 104 cm³/mol. The molecule has 1 aliphatic heterocycles. The molecular formula is C19H19N3S2. The van der Waals surface area contributed by atoms with E-state index in [9.17, 15) is 0 Å². The lowest BCUT2D eigenvalue weighted by Gasteiger charge is -2.29. The van der Waals surface area contributed by atoms with Crippen molar-refractivity contribution in [3.05, 3.63) is 70.4 Å². The maximum absolute atomic E-state index is 5.62. The predicted octanol–water partition coefficient (Wildman–Crippen LogP) is 4.13. The molecule has 0 unspecified atom stereocenters. The molecule has 1 aliphatic carbocycles. The number of hydrazone groups is 1. The average Bonchev–Trinajstić information content (AvgIpc) is 3.26. The van der Waals surface area contributed by atoms with Crippen molar-refractivity contribution in [1.82, 2.24) is 10.3 Å². The topological polar surface area (TPSA) is 27.6 Å². The van der Waals surface area contributed by atoms with Crippen molar-refractivity contribution in [1.29, 1.82) is 0 Å². The molecule has 0 bridgehead atoms. The van der Waals surface area contributed by atoms with Gasteiger partial charge >= 0.3 is 0 Å². The Morgan fingerprint density at radius 3 is 3.04 bits per heavy atom. The van der Waals surface area contributed by atoms with E-state index in [4.69, 9.17) is 17.3 Å². The normalized spacial score (nSPS) is 21.7. The second-order valence-electron chi connectivity index (χ2n) is 6.07. The van der Waals surface area contributed by atoms with Crippen molar-refractivity contribution in [2.45, 2.75) is 18.9 Å². The standard InChI is InChI=1S/C19H19N3S2/c1-2-11-20-19(23)22-18(16-8-5-12-24-16)15-10-9-13-6-3-4-7-14(13)17(15)21-22/h2-8,12,15,18H,1,9-11H2,(H,20,23)/t15-,18+/m0/s1. The van der Waals surface area contributed by atoms with Gasteiger partial charge in [-0.05, 0) is 42.1 Å². The van der Waals surface area contributed by atoms with Gasteiger partial charge in [-0.2, -0.15) is 5.10 Å². The molecule has 5 heteroatoms. The van der Waals surface area contributed by atoms with Crippen molar-refractivity contribution in [3.8, 4) is 0 Å². The minimum absolute atomic E-state index is 0.193. The van der Waals surface area contributed by atoms with Crippen LogP contribution in [0.25, 0.3) is 0 Å². The van der Waals surface area contributed by atoms with Crippen LogP contribution in [0, 0.1) is 5.92 Å². The summed E-state index contributed by atoms with van der Waals surface area (Å²) in [6.07, 6.45) is 4.03. The lowest BCUT2D eigenvalue weighted by Crippen LogP contribution is -2.38. The van der Waals surface area contributed by atoms with E-state index in [-0.39, 0.29) is 6.04 Å². The van der Waals surface area contributed by atoms with E-state index in [1.165, 1.54) is 21.7 Å². The molecule has 0 saturated carbocycles. The number of thiocarbonyl (C=S) groups is 1. The summed E-state index contributed by atoms with van der Waals surface area (Å²) in [5.74, 6) is 0.391. The van der Waals surface area contributed by atoms with Crippen LogP contribution < -0.4 is 5.32 Å². The van der Waals surface area contributed by atoms with Gasteiger partial charge in [0.2, 0.25) is 0 Å². The fraction of sp³-hybridized carbons (Fsp3) is 0.263. The van der Waals surface area contributed by atoms with Gasteiger partial charge in [0.15, 0.2) is 5.11 Å². The second-order valence-corrected chi connectivity index (χ2v) is 7.43. The highest BCUT2D eigenvalue weighted by Gasteiger charge is 2.43. The molecule has 0 amide bonds. The quantitative estimate of drug-likeness (QED) is 0.664. The smallest absolute Gasteiger partial charge is 0.190 e. The zero-order valence-corrected chi connectivity index (χ0v) is 14.9. The van der Waals surface area contributed by atoms with Gasteiger partial charge in [0.05, 0.1) is 11.8 Å². The highest BCUT2D eigenvalue weighted by molar-refractivity contribution is 7.80. The molecule has 0 fully saturated rings. The van der Waals surface area contributed by atoms with E-state index in [0.717, 1.165) is 12.8 Å². The number of hydrogen-bond donors (Lipinski definition) is 1. The van der Waals surface area contributed by atoms with Crippen molar-refractivity contribution in [2.24, 2.45) is 11.0 Å². The zero-order chi connectivity index (χ0) is 16.5. The fourth-order valence-corrected chi connectivity index (χ4v) is 4.72. The third-order valence-corrected chi connectivity index (χ3v) is 5.94. The first-order valence-corrected chi connectivity index (χ1v) is 9.46. The molecule has 0 spiro atoms. The van der Waals surface area contributed by atoms with Crippen molar-refractivity contribution in [2.75, 3.05) is 6.54 Å². The highest BCUT2D eigenvalue weighted by Crippen LogP contribution is 2.44. The molecule has 1 aromatic carbocycles. The highest BCUT2D eigenvalue weighted by atomic mass is 32.1. The Morgan fingerprint density at radius 1 is 1.38 bits per heavy atom. The molecule has 0 saturated heterocycles. The number of nitrogens with one attached hydrogen (secondary N) is 1. The second kappa shape index (κ2) is 6.49. The lowest BCUT2D eigenvalue weighted by molar-refractivity contribution is 0.309. The SMILES string of the molecule is C=CCNC(=S)N1N=C2c3ccccc3CC[C@@H]2[C@@H]1c1cccs1. The Kier molecular flexibility index (Phi) is 4.21. The largest absolute Gasteiger partial charge is 0.358 e. The molecule has 2 atom stereocenters. The van der Waals surface area contributed by atoms with Gasteiger partial charge < -0.3 is 5.32 Å². The summed E-state index contributed by atoms with van der Waals surface area (Å²) in [5.41, 5.74) is 3.85. The van der Waals surface area contributed by atoms with Crippen molar-refractivity contribution >= 4 is 34.4 Å². The maximum Gasteiger partial charge on any atom is 0.190 e. The number of fused-ring (bicyclic) bond motifs is 3. The molecular weight excluding hydrogens is 334 g/mol. The summed E-state index contributed by atoms with van der Waals surface area (Å²) >= 11 is 7.40. The molecule has 0 radical (unpaired) electrons. The van der Waals surface area contributed by atoms with Crippen LogP contribution in [0.4, 0.5) is 0 Å². The summed E-state index contributed by atoms with van der Waals surface area (Å²) < 4.78 is 0. The Morgan fingerprint density at radius 2 is 2.25 bits per heavy atom. The van der Waals surface area contributed by atoms with Crippen LogP contribution in [0.3, 0.4) is 0 Å². The van der Waals surface area contributed by atoms with Crippen LogP contribution in [0.5, 0.6) is 0 Å². The van der Waals surface area contributed by atoms with Gasteiger partial charge in [0.25, 0.3) is 0 Å². The molecule has 122 valence electrons. The molecule has 2 aliphatic rings. The Bertz CT molecular complexity index is 795. The third-order valence-electron chi connectivity index (χ3n) is 4.67. The first kappa shape index (κ1) is 15.5. The summed E-state index contributed by atoms with van der Waals surface area (Å²) in [4.78, 5) is 1.32. The Balaban J connectivity index is 1.75.